The van der Waals surface area contributed by atoms with Crippen molar-refractivity contribution in [3.8, 4) is 0 Å². The highest BCUT2D eigenvalue weighted by atomic mass is 35.5. The fourth-order valence-corrected chi connectivity index (χ4v) is 2.39. The van der Waals surface area contributed by atoms with Gasteiger partial charge in [-0.05, 0) is 24.8 Å². The van der Waals surface area contributed by atoms with Crippen LogP contribution in [0.15, 0.2) is 12.3 Å². The molecule has 0 radical (unpaired) electrons. The highest BCUT2D eigenvalue weighted by Gasteiger charge is 2.27. The lowest BCUT2D eigenvalue weighted by Gasteiger charge is -2.17. The summed E-state index contributed by atoms with van der Waals surface area (Å²) in [5, 5.41) is 9.16. The maximum Gasteiger partial charge on any atom is 0.256 e. The fraction of sp³-hybridized carbons (Fsp3) is 0.500. The molecule has 5 nitrogen and oxygen atoms in total. The standard InChI is InChI=1S/C12H16ClN3O2/c13-11-5-9(10(14)6-15-11)12(18)16-3-1-8(7-16)2-4-17/h5-6,8,17H,1-4,7,14H2. The van der Waals surface area contributed by atoms with Crippen LogP contribution in [0.4, 0.5) is 5.69 Å². The van der Waals surface area contributed by atoms with Crippen molar-refractivity contribution in [3.05, 3.63) is 23.0 Å². The highest BCUT2D eigenvalue weighted by molar-refractivity contribution is 6.29. The number of pyridine rings is 1. The number of aliphatic hydroxyl groups excluding tert-OH is 1. The molecule has 0 spiro atoms. The lowest BCUT2D eigenvalue weighted by Crippen LogP contribution is -2.29. The van der Waals surface area contributed by atoms with Crippen LogP contribution in [0.2, 0.25) is 5.15 Å². The Morgan fingerprint density at radius 1 is 1.67 bits per heavy atom. The third kappa shape index (κ3) is 2.73. The van der Waals surface area contributed by atoms with Crippen molar-refractivity contribution in [3.63, 3.8) is 0 Å². The number of nitrogens with zero attached hydrogens (tertiary/aromatic N) is 2. The number of aliphatic hydroxyl groups is 1. The summed E-state index contributed by atoms with van der Waals surface area (Å²) in [5.41, 5.74) is 6.49. The van der Waals surface area contributed by atoms with Crippen LogP contribution in [0.3, 0.4) is 0 Å². The molecule has 1 aliphatic heterocycles. The Hall–Kier alpha value is -1.33. The van der Waals surface area contributed by atoms with Gasteiger partial charge < -0.3 is 15.7 Å². The van der Waals surface area contributed by atoms with Gasteiger partial charge in [0, 0.05) is 19.7 Å². The lowest BCUT2D eigenvalue weighted by atomic mass is 10.1. The second-order valence-electron chi connectivity index (χ2n) is 4.51. The molecule has 0 aliphatic carbocycles. The minimum Gasteiger partial charge on any atom is -0.397 e. The van der Waals surface area contributed by atoms with E-state index in [9.17, 15) is 4.79 Å². The average molecular weight is 270 g/mol. The zero-order valence-corrected chi connectivity index (χ0v) is 10.7. The van der Waals surface area contributed by atoms with Crippen LogP contribution in [0.1, 0.15) is 23.2 Å². The van der Waals surface area contributed by atoms with E-state index in [0.29, 0.717) is 30.3 Å². The fourth-order valence-electron chi connectivity index (χ4n) is 2.23. The molecule has 98 valence electrons. The highest BCUT2D eigenvalue weighted by Crippen LogP contribution is 2.23. The summed E-state index contributed by atoms with van der Waals surface area (Å²) in [6.07, 6.45) is 3.05. The van der Waals surface area contributed by atoms with E-state index in [4.69, 9.17) is 22.4 Å². The van der Waals surface area contributed by atoms with E-state index in [0.717, 1.165) is 12.8 Å². The monoisotopic (exact) mass is 269 g/mol. The molecule has 1 atom stereocenters. The van der Waals surface area contributed by atoms with Crippen molar-refractivity contribution < 1.29 is 9.90 Å². The number of nitrogen functional groups attached to an aromatic ring is 1. The molecule has 1 fully saturated rings. The van der Waals surface area contributed by atoms with Crippen molar-refractivity contribution in [2.45, 2.75) is 12.8 Å². The molecule has 1 aliphatic rings. The molecule has 2 rings (SSSR count). The van der Waals surface area contributed by atoms with Gasteiger partial charge in [-0.3, -0.25) is 4.79 Å². The molecule has 1 aromatic heterocycles. The molecule has 1 saturated heterocycles. The zero-order valence-electron chi connectivity index (χ0n) is 9.97. The molecule has 1 unspecified atom stereocenters. The van der Waals surface area contributed by atoms with Gasteiger partial charge in [0.05, 0.1) is 17.4 Å². The van der Waals surface area contributed by atoms with Gasteiger partial charge in [0.25, 0.3) is 5.91 Å². The third-order valence-electron chi connectivity index (χ3n) is 3.24. The molecule has 0 bridgehead atoms. The van der Waals surface area contributed by atoms with E-state index in [-0.39, 0.29) is 17.7 Å². The van der Waals surface area contributed by atoms with E-state index in [1.54, 1.807) is 4.90 Å². The Labute approximate surface area is 111 Å². The first-order valence-electron chi connectivity index (χ1n) is 5.93. The number of aromatic nitrogens is 1. The second kappa shape index (κ2) is 5.54. The van der Waals surface area contributed by atoms with Gasteiger partial charge in [0.1, 0.15) is 5.15 Å². The molecule has 1 aromatic rings. The van der Waals surface area contributed by atoms with Gasteiger partial charge in [-0.25, -0.2) is 4.98 Å². The van der Waals surface area contributed by atoms with Gasteiger partial charge in [0.15, 0.2) is 0 Å². The Morgan fingerprint density at radius 3 is 3.17 bits per heavy atom. The SMILES string of the molecule is Nc1cnc(Cl)cc1C(=O)N1CCC(CCO)C1. The Kier molecular flexibility index (Phi) is 4.04. The maximum absolute atomic E-state index is 12.3. The average Bonchev–Trinajstić information content (AvgIpc) is 2.80. The summed E-state index contributed by atoms with van der Waals surface area (Å²) in [6.45, 7) is 1.53. The third-order valence-corrected chi connectivity index (χ3v) is 3.45. The number of likely N-dealkylation sites (tertiary alicyclic amines) is 1. The summed E-state index contributed by atoms with van der Waals surface area (Å²) < 4.78 is 0. The molecular weight excluding hydrogens is 254 g/mol. The quantitative estimate of drug-likeness (QED) is 0.807. The number of carbonyl (C=O) groups is 1. The van der Waals surface area contributed by atoms with Crippen molar-refractivity contribution in [2.75, 3.05) is 25.4 Å². The first-order chi connectivity index (χ1) is 8.61. The van der Waals surface area contributed by atoms with E-state index in [2.05, 4.69) is 4.98 Å². The second-order valence-corrected chi connectivity index (χ2v) is 4.90. The Morgan fingerprint density at radius 2 is 2.44 bits per heavy atom. The summed E-state index contributed by atoms with van der Waals surface area (Å²) in [6, 6.07) is 1.50. The number of amides is 1. The summed E-state index contributed by atoms with van der Waals surface area (Å²) in [4.78, 5) is 17.8. The van der Waals surface area contributed by atoms with Gasteiger partial charge >= 0.3 is 0 Å². The zero-order chi connectivity index (χ0) is 13.1. The molecule has 18 heavy (non-hydrogen) atoms. The summed E-state index contributed by atoms with van der Waals surface area (Å²) in [5.74, 6) is 0.259. The predicted octanol–water partition coefficient (Wildman–Crippen LogP) is 1.16. The van der Waals surface area contributed by atoms with Gasteiger partial charge in [-0.2, -0.15) is 0 Å². The van der Waals surface area contributed by atoms with E-state index >= 15 is 0 Å². The van der Waals surface area contributed by atoms with Crippen LogP contribution in [0.5, 0.6) is 0 Å². The van der Waals surface area contributed by atoms with Gasteiger partial charge in [0.2, 0.25) is 0 Å². The van der Waals surface area contributed by atoms with Gasteiger partial charge in [-0.1, -0.05) is 11.6 Å². The minimum atomic E-state index is -0.114. The summed E-state index contributed by atoms with van der Waals surface area (Å²) >= 11 is 5.78. The summed E-state index contributed by atoms with van der Waals surface area (Å²) in [7, 11) is 0. The molecule has 1 amide bonds. The first kappa shape index (κ1) is 13.1. The number of nitrogens with two attached hydrogens (primary N) is 1. The smallest absolute Gasteiger partial charge is 0.256 e. The maximum atomic E-state index is 12.3. The van der Waals surface area contributed by atoms with E-state index in [1.165, 1.54) is 12.3 Å². The van der Waals surface area contributed by atoms with Crippen LogP contribution in [0.25, 0.3) is 0 Å². The van der Waals surface area contributed by atoms with Crippen LogP contribution in [-0.2, 0) is 0 Å². The Bertz CT molecular complexity index is 453. The normalized spacial score (nSPS) is 19.2. The Balaban J connectivity index is 2.10. The molecule has 2 heterocycles. The van der Waals surface area contributed by atoms with E-state index < -0.39 is 0 Å². The largest absolute Gasteiger partial charge is 0.397 e. The number of hydrogen-bond acceptors (Lipinski definition) is 4. The van der Waals surface area contributed by atoms with Gasteiger partial charge in [-0.15, -0.1) is 0 Å². The molecule has 0 saturated carbocycles. The van der Waals surface area contributed by atoms with Crippen LogP contribution >= 0.6 is 11.6 Å². The van der Waals surface area contributed by atoms with Crippen LogP contribution in [-0.4, -0.2) is 40.6 Å². The van der Waals surface area contributed by atoms with Crippen LogP contribution in [0, 0.1) is 5.92 Å². The number of anilines is 1. The van der Waals surface area contributed by atoms with Crippen molar-refractivity contribution in [1.29, 1.82) is 0 Å². The van der Waals surface area contributed by atoms with Crippen LogP contribution < -0.4 is 5.73 Å². The number of rotatable bonds is 3. The lowest BCUT2D eigenvalue weighted by molar-refractivity contribution is 0.0785. The molecule has 3 N–H and O–H groups in total. The first-order valence-corrected chi connectivity index (χ1v) is 6.30. The molecule has 6 heteroatoms. The van der Waals surface area contributed by atoms with Crippen molar-refractivity contribution in [1.82, 2.24) is 9.88 Å². The minimum absolute atomic E-state index is 0.114. The van der Waals surface area contributed by atoms with Crippen molar-refractivity contribution >= 4 is 23.2 Å². The number of halogens is 1. The number of carbonyl (C=O) groups excluding carboxylic acids is 1. The number of hydrogen-bond donors (Lipinski definition) is 2. The molecule has 0 aromatic carbocycles. The van der Waals surface area contributed by atoms with E-state index in [1.807, 2.05) is 0 Å². The molecular formula is C12H16ClN3O2. The predicted molar refractivity (Wildman–Crippen MR) is 69.4 cm³/mol. The topological polar surface area (TPSA) is 79.5 Å². The van der Waals surface area contributed by atoms with Crippen molar-refractivity contribution in [2.24, 2.45) is 5.92 Å².